The van der Waals surface area contributed by atoms with Gasteiger partial charge in [-0.15, -0.1) is 11.3 Å². The van der Waals surface area contributed by atoms with Crippen molar-refractivity contribution >= 4 is 28.9 Å². The van der Waals surface area contributed by atoms with Crippen LogP contribution in [0.15, 0.2) is 72.9 Å². The molecule has 0 atom stereocenters. The van der Waals surface area contributed by atoms with E-state index in [0.717, 1.165) is 73.1 Å². The number of thiophene rings is 1. The predicted octanol–water partition coefficient (Wildman–Crippen LogP) is 5.07. The lowest BCUT2D eigenvalue weighted by molar-refractivity contribution is 0.0955. The Bertz CT molecular complexity index is 1420. The van der Waals surface area contributed by atoms with Crippen molar-refractivity contribution in [1.29, 1.82) is 0 Å². The summed E-state index contributed by atoms with van der Waals surface area (Å²) in [6, 6.07) is 21.8. The molecule has 0 radical (unpaired) electrons. The van der Waals surface area contributed by atoms with Crippen LogP contribution in [0.2, 0.25) is 0 Å². The average molecular weight is 557 g/mol. The molecule has 1 aliphatic heterocycles. The third-order valence-corrected chi connectivity index (χ3v) is 8.15. The zero-order valence-corrected chi connectivity index (χ0v) is 23.9. The fourth-order valence-electron chi connectivity index (χ4n) is 4.72. The van der Waals surface area contributed by atoms with Crippen LogP contribution < -0.4 is 15.4 Å². The standard InChI is InChI=1S/C31H36N6O2S/c1-36-16-18-37(19-17-36)15-5-8-23-6-3-9-25(20-23)34-31-32-14-13-27(35-31)28-11-12-29(40-28)30(38)33-22-24-7-4-10-26(21-24)39-2/h3-4,6-7,9-14,20-21H,5,8,15-19,22H2,1-2H3,(H,33,38)(H,32,34,35). The minimum Gasteiger partial charge on any atom is -0.497 e. The zero-order valence-electron chi connectivity index (χ0n) is 23.1. The van der Waals surface area contributed by atoms with Crippen molar-refractivity contribution < 1.29 is 9.53 Å². The van der Waals surface area contributed by atoms with Gasteiger partial charge < -0.3 is 25.2 Å². The summed E-state index contributed by atoms with van der Waals surface area (Å²) < 4.78 is 5.26. The second-order valence-electron chi connectivity index (χ2n) is 10.0. The van der Waals surface area contributed by atoms with Gasteiger partial charge >= 0.3 is 0 Å². The van der Waals surface area contributed by atoms with Gasteiger partial charge in [0.1, 0.15) is 5.75 Å². The first kappa shape index (κ1) is 27.8. The number of likely N-dealkylation sites (N-methyl/N-ethyl adjacent to an activating group) is 1. The molecule has 208 valence electrons. The van der Waals surface area contributed by atoms with E-state index < -0.39 is 0 Å². The predicted molar refractivity (Wildman–Crippen MR) is 161 cm³/mol. The lowest BCUT2D eigenvalue weighted by Crippen LogP contribution is -2.44. The number of methoxy groups -OCH3 is 1. The highest BCUT2D eigenvalue weighted by molar-refractivity contribution is 7.17. The second-order valence-corrected chi connectivity index (χ2v) is 11.1. The third kappa shape index (κ3) is 7.65. The maximum absolute atomic E-state index is 12.8. The summed E-state index contributed by atoms with van der Waals surface area (Å²) >= 11 is 1.41. The van der Waals surface area contributed by atoms with Crippen LogP contribution in [0.3, 0.4) is 0 Å². The number of hydrogen-bond donors (Lipinski definition) is 2. The maximum atomic E-state index is 12.8. The second kappa shape index (κ2) is 13.5. The Kier molecular flexibility index (Phi) is 9.38. The number of nitrogens with zero attached hydrogens (tertiary/aromatic N) is 4. The molecule has 0 unspecified atom stereocenters. The molecule has 1 aliphatic rings. The van der Waals surface area contributed by atoms with Gasteiger partial charge in [0.25, 0.3) is 5.91 Å². The molecule has 0 spiro atoms. The van der Waals surface area contributed by atoms with Crippen molar-refractivity contribution in [3.63, 3.8) is 0 Å². The first-order valence-electron chi connectivity index (χ1n) is 13.7. The molecular formula is C31H36N6O2S. The SMILES string of the molecule is COc1cccc(CNC(=O)c2ccc(-c3ccnc(Nc4cccc(CCCN5CCN(C)CC5)c4)n3)s2)c1. The van der Waals surface area contributed by atoms with E-state index in [-0.39, 0.29) is 5.91 Å². The van der Waals surface area contributed by atoms with E-state index in [2.05, 4.69) is 50.7 Å². The van der Waals surface area contributed by atoms with E-state index in [1.807, 2.05) is 48.5 Å². The summed E-state index contributed by atoms with van der Waals surface area (Å²) in [6.45, 7) is 6.20. The molecule has 40 heavy (non-hydrogen) atoms. The summed E-state index contributed by atoms with van der Waals surface area (Å²) in [5.74, 6) is 1.19. The monoisotopic (exact) mass is 556 g/mol. The van der Waals surface area contributed by atoms with Crippen molar-refractivity contribution in [2.24, 2.45) is 0 Å². The number of rotatable bonds is 11. The Morgan fingerprint density at radius 2 is 1.82 bits per heavy atom. The molecule has 0 aliphatic carbocycles. The van der Waals surface area contributed by atoms with Gasteiger partial charge in [0.05, 0.1) is 22.6 Å². The van der Waals surface area contributed by atoms with Gasteiger partial charge in [-0.05, 0) is 80.0 Å². The molecule has 3 heterocycles. The van der Waals surface area contributed by atoms with Crippen molar-refractivity contribution in [3.05, 3.63) is 88.9 Å². The highest BCUT2D eigenvalue weighted by Crippen LogP contribution is 2.28. The normalized spacial score (nSPS) is 14.2. The van der Waals surface area contributed by atoms with Gasteiger partial charge in [-0.1, -0.05) is 24.3 Å². The Labute approximate surface area is 240 Å². The number of hydrogen-bond acceptors (Lipinski definition) is 8. The summed E-state index contributed by atoms with van der Waals surface area (Å²) in [4.78, 5) is 28.4. The fourth-order valence-corrected chi connectivity index (χ4v) is 5.61. The Hall–Kier alpha value is -3.79. The van der Waals surface area contributed by atoms with Crippen LogP contribution >= 0.6 is 11.3 Å². The number of amides is 1. The highest BCUT2D eigenvalue weighted by atomic mass is 32.1. The smallest absolute Gasteiger partial charge is 0.261 e. The van der Waals surface area contributed by atoms with Crippen molar-refractivity contribution in [1.82, 2.24) is 25.1 Å². The molecular weight excluding hydrogens is 520 g/mol. The van der Waals surface area contributed by atoms with E-state index in [1.54, 1.807) is 13.3 Å². The number of ether oxygens (including phenoxy) is 1. The fraction of sp³-hybridized carbons (Fsp3) is 0.323. The minimum atomic E-state index is -0.115. The summed E-state index contributed by atoms with van der Waals surface area (Å²) in [5, 5.41) is 6.34. The first-order valence-corrected chi connectivity index (χ1v) is 14.5. The topological polar surface area (TPSA) is 82.6 Å². The number of anilines is 2. The molecule has 1 fully saturated rings. The van der Waals surface area contributed by atoms with Gasteiger partial charge in [-0.3, -0.25) is 4.79 Å². The molecule has 0 bridgehead atoms. The highest BCUT2D eigenvalue weighted by Gasteiger charge is 2.14. The van der Waals surface area contributed by atoms with Gasteiger partial charge in [-0.2, -0.15) is 0 Å². The van der Waals surface area contributed by atoms with E-state index in [0.29, 0.717) is 17.4 Å². The largest absolute Gasteiger partial charge is 0.497 e. The van der Waals surface area contributed by atoms with Gasteiger partial charge in [0.2, 0.25) is 5.95 Å². The summed E-state index contributed by atoms with van der Waals surface area (Å²) in [5.41, 5.74) is 4.03. The Morgan fingerprint density at radius 3 is 2.67 bits per heavy atom. The lowest BCUT2D eigenvalue weighted by atomic mass is 10.1. The molecule has 4 aromatic rings. The number of piperazine rings is 1. The van der Waals surface area contributed by atoms with Gasteiger partial charge in [-0.25, -0.2) is 9.97 Å². The number of aromatic nitrogens is 2. The van der Waals surface area contributed by atoms with E-state index in [1.165, 1.54) is 16.9 Å². The van der Waals surface area contributed by atoms with Crippen LogP contribution in [0.25, 0.3) is 10.6 Å². The number of carbonyl (C=O) groups is 1. The average Bonchev–Trinajstić information content (AvgIpc) is 3.48. The summed E-state index contributed by atoms with van der Waals surface area (Å²) in [7, 11) is 3.82. The van der Waals surface area contributed by atoms with Gasteiger partial charge in [0, 0.05) is 44.6 Å². The van der Waals surface area contributed by atoms with Crippen LogP contribution in [-0.4, -0.2) is 72.6 Å². The van der Waals surface area contributed by atoms with Crippen molar-refractivity contribution in [2.75, 3.05) is 52.2 Å². The quantitative estimate of drug-likeness (QED) is 0.267. The molecule has 9 heteroatoms. The Morgan fingerprint density at radius 1 is 1.00 bits per heavy atom. The lowest BCUT2D eigenvalue weighted by Gasteiger charge is -2.32. The molecule has 1 saturated heterocycles. The zero-order chi connectivity index (χ0) is 27.7. The number of benzene rings is 2. The van der Waals surface area contributed by atoms with Crippen LogP contribution in [0.1, 0.15) is 27.2 Å². The maximum Gasteiger partial charge on any atom is 0.261 e. The van der Waals surface area contributed by atoms with Gasteiger partial charge in [0.15, 0.2) is 0 Å². The molecule has 8 nitrogen and oxygen atoms in total. The first-order chi connectivity index (χ1) is 19.6. The van der Waals surface area contributed by atoms with E-state index >= 15 is 0 Å². The van der Waals surface area contributed by atoms with E-state index in [4.69, 9.17) is 9.72 Å². The molecule has 0 saturated carbocycles. The number of aryl methyl sites for hydroxylation is 1. The number of nitrogens with one attached hydrogen (secondary N) is 2. The van der Waals surface area contributed by atoms with Crippen LogP contribution in [0.5, 0.6) is 5.75 Å². The van der Waals surface area contributed by atoms with E-state index in [9.17, 15) is 4.79 Å². The Balaban J connectivity index is 1.16. The van der Waals surface area contributed by atoms with Crippen LogP contribution in [0, 0.1) is 0 Å². The third-order valence-electron chi connectivity index (χ3n) is 7.04. The van der Waals surface area contributed by atoms with Crippen molar-refractivity contribution in [2.45, 2.75) is 19.4 Å². The number of carbonyl (C=O) groups excluding carboxylic acids is 1. The van der Waals surface area contributed by atoms with Crippen LogP contribution in [0.4, 0.5) is 11.6 Å². The minimum absolute atomic E-state index is 0.115. The molecule has 2 aromatic heterocycles. The van der Waals surface area contributed by atoms with Crippen molar-refractivity contribution in [3.8, 4) is 16.3 Å². The molecule has 2 aromatic carbocycles. The molecule has 2 N–H and O–H groups in total. The molecule has 1 amide bonds. The molecule has 5 rings (SSSR count). The van der Waals surface area contributed by atoms with Crippen LogP contribution in [-0.2, 0) is 13.0 Å². The summed E-state index contributed by atoms with van der Waals surface area (Å²) in [6.07, 6.45) is 3.93.